The van der Waals surface area contributed by atoms with Gasteiger partial charge >= 0.3 is 0 Å². The molecule has 0 N–H and O–H groups in total. The van der Waals surface area contributed by atoms with Gasteiger partial charge in [-0.2, -0.15) is 0 Å². The summed E-state index contributed by atoms with van der Waals surface area (Å²) in [6, 6.07) is 11.1. The van der Waals surface area contributed by atoms with Crippen molar-refractivity contribution >= 4 is 11.6 Å². The summed E-state index contributed by atoms with van der Waals surface area (Å²) < 4.78 is 0. The number of fused-ring (bicyclic) bond motifs is 1. The summed E-state index contributed by atoms with van der Waals surface area (Å²) in [6.45, 7) is 3.04. The third-order valence-corrected chi connectivity index (χ3v) is 2.67. The minimum atomic E-state index is -0.0105. The van der Waals surface area contributed by atoms with E-state index < -0.39 is 0 Å². The Hall–Kier alpha value is -1.96. The van der Waals surface area contributed by atoms with Crippen LogP contribution in [0.25, 0.3) is 11.1 Å². The molecule has 0 amide bonds. The zero-order valence-corrected chi connectivity index (χ0v) is 9.28. The number of carbonyl (C=O) groups excluding carboxylic acids is 2. The highest BCUT2D eigenvalue weighted by atomic mass is 16.1. The Labute approximate surface area is 94.3 Å². The van der Waals surface area contributed by atoms with Gasteiger partial charge in [0.25, 0.3) is 0 Å². The highest BCUT2D eigenvalue weighted by molar-refractivity contribution is 6.10. The van der Waals surface area contributed by atoms with Crippen molar-refractivity contribution in [2.24, 2.45) is 0 Å². The van der Waals surface area contributed by atoms with Gasteiger partial charge in [-0.3, -0.25) is 9.59 Å². The molecule has 0 heterocycles. The number of hydrogen-bond donors (Lipinski definition) is 0. The molecule has 0 radical (unpaired) electrons. The van der Waals surface area contributed by atoms with E-state index in [4.69, 9.17) is 0 Å². The zero-order valence-electron chi connectivity index (χ0n) is 9.28. The Balaban J connectivity index is 2.79. The molecule has 0 spiro atoms. The van der Waals surface area contributed by atoms with Crippen LogP contribution in [0.1, 0.15) is 34.6 Å². The molecule has 0 fully saturated rings. The molecule has 0 aromatic rings. The van der Waals surface area contributed by atoms with Crippen molar-refractivity contribution in [3.8, 4) is 11.1 Å². The minimum Gasteiger partial charge on any atom is -0.294 e. The monoisotopic (exact) mass is 212 g/mol. The van der Waals surface area contributed by atoms with Crippen molar-refractivity contribution in [3.05, 3.63) is 47.5 Å². The summed E-state index contributed by atoms with van der Waals surface area (Å²) in [4.78, 5) is 23.0. The summed E-state index contributed by atoms with van der Waals surface area (Å²) in [6.07, 6.45) is 0. The molecule has 0 bridgehead atoms. The first kappa shape index (κ1) is 10.6. The summed E-state index contributed by atoms with van der Waals surface area (Å²) >= 11 is 0. The molecule has 0 saturated carbocycles. The Kier molecular flexibility index (Phi) is 2.57. The summed E-state index contributed by atoms with van der Waals surface area (Å²) in [5, 5.41) is 0. The molecule has 0 aromatic carbocycles. The quantitative estimate of drug-likeness (QED) is 0.716. The van der Waals surface area contributed by atoms with Crippen LogP contribution in [0.2, 0.25) is 0 Å². The van der Waals surface area contributed by atoms with Gasteiger partial charge < -0.3 is 0 Å². The summed E-state index contributed by atoms with van der Waals surface area (Å²) in [7, 11) is 0. The molecule has 2 rings (SSSR count). The molecule has 0 saturated heterocycles. The lowest BCUT2D eigenvalue weighted by Crippen LogP contribution is -1.89. The molecule has 2 nitrogen and oxygen atoms in total. The first-order valence-corrected chi connectivity index (χ1v) is 5.15. The second kappa shape index (κ2) is 3.89. The van der Waals surface area contributed by atoms with Crippen molar-refractivity contribution in [1.82, 2.24) is 0 Å². The van der Waals surface area contributed by atoms with E-state index in [1.54, 1.807) is 6.07 Å². The van der Waals surface area contributed by atoms with Gasteiger partial charge in [-0.05, 0) is 31.0 Å². The highest BCUT2D eigenvalue weighted by Crippen LogP contribution is 2.32. The van der Waals surface area contributed by atoms with Crippen LogP contribution >= 0.6 is 0 Å². The van der Waals surface area contributed by atoms with Gasteiger partial charge in [-0.25, -0.2) is 0 Å². The number of rotatable bonds is 2. The van der Waals surface area contributed by atoms with Gasteiger partial charge in [-0.15, -0.1) is 0 Å². The van der Waals surface area contributed by atoms with Gasteiger partial charge in [0.2, 0.25) is 0 Å². The van der Waals surface area contributed by atoms with Crippen LogP contribution in [0.3, 0.4) is 0 Å². The maximum Gasteiger partial charge on any atom is 0.160 e. The van der Waals surface area contributed by atoms with E-state index in [0.29, 0.717) is 11.1 Å². The Morgan fingerprint density at radius 2 is 1.25 bits per heavy atom. The van der Waals surface area contributed by atoms with Crippen molar-refractivity contribution in [3.63, 3.8) is 0 Å². The molecule has 0 atom stereocenters. The summed E-state index contributed by atoms with van der Waals surface area (Å²) in [5.41, 5.74) is 2.94. The van der Waals surface area contributed by atoms with Crippen LogP contribution in [-0.2, 0) is 0 Å². The van der Waals surface area contributed by atoms with Gasteiger partial charge in [0.15, 0.2) is 11.6 Å². The van der Waals surface area contributed by atoms with Crippen molar-refractivity contribution in [2.45, 2.75) is 13.8 Å². The van der Waals surface area contributed by atoms with Gasteiger partial charge in [-0.1, -0.05) is 30.3 Å². The van der Waals surface area contributed by atoms with Crippen LogP contribution in [0, 0.1) is 0 Å². The highest BCUT2D eigenvalue weighted by Gasteiger charge is 2.19. The normalized spacial score (nSPS) is 10.4. The lowest BCUT2D eigenvalue weighted by atomic mass is 10.1. The molecule has 2 aliphatic carbocycles. The van der Waals surface area contributed by atoms with Crippen molar-refractivity contribution in [2.75, 3.05) is 0 Å². The zero-order chi connectivity index (χ0) is 11.7. The smallest absolute Gasteiger partial charge is 0.160 e. The number of hydrogen-bond acceptors (Lipinski definition) is 2. The van der Waals surface area contributed by atoms with E-state index >= 15 is 0 Å². The lowest BCUT2D eigenvalue weighted by Gasteiger charge is -1.97. The van der Waals surface area contributed by atoms with E-state index in [0.717, 1.165) is 11.1 Å². The molecule has 80 valence electrons. The molecule has 0 unspecified atom stereocenters. The van der Waals surface area contributed by atoms with E-state index in [-0.39, 0.29) is 11.6 Å². The van der Waals surface area contributed by atoms with E-state index in [1.807, 2.05) is 30.3 Å². The largest absolute Gasteiger partial charge is 0.294 e. The molecular weight excluding hydrogens is 200 g/mol. The third kappa shape index (κ3) is 1.63. The topological polar surface area (TPSA) is 34.1 Å². The fourth-order valence-corrected chi connectivity index (χ4v) is 1.90. The van der Waals surface area contributed by atoms with Gasteiger partial charge in [0.1, 0.15) is 0 Å². The second-order valence-electron chi connectivity index (χ2n) is 3.82. The predicted octanol–water partition coefficient (Wildman–Crippen LogP) is 3.20. The standard InChI is InChI=1S/C14H12O2/c1-9(15)13-8-14(10(2)16)12-7-5-3-4-6-11(12)13/h3-8H,1-2H3. The number of carbonyl (C=O) groups is 2. The Bertz CT molecular complexity index is 495. The van der Waals surface area contributed by atoms with Gasteiger partial charge in [0.05, 0.1) is 0 Å². The molecule has 16 heavy (non-hydrogen) atoms. The summed E-state index contributed by atoms with van der Waals surface area (Å²) in [5.74, 6) is -0.0209. The minimum absolute atomic E-state index is 0.0105. The Morgan fingerprint density at radius 3 is 1.62 bits per heavy atom. The average molecular weight is 212 g/mol. The maximum atomic E-state index is 11.5. The first-order valence-electron chi connectivity index (χ1n) is 5.15. The van der Waals surface area contributed by atoms with Crippen molar-refractivity contribution in [1.29, 1.82) is 0 Å². The molecular formula is C14H12O2. The number of Topliss-reactive ketones (excluding diaryl/α,β-unsaturated/α-hetero) is 2. The van der Waals surface area contributed by atoms with Gasteiger partial charge in [0, 0.05) is 11.1 Å². The lowest BCUT2D eigenvalue weighted by molar-refractivity contribution is 0.101. The van der Waals surface area contributed by atoms with Crippen LogP contribution in [0.5, 0.6) is 0 Å². The van der Waals surface area contributed by atoms with Crippen molar-refractivity contribution < 1.29 is 9.59 Å². The van der Waals surface area contributed by atoms with Crippen LogP contribution in [0.15, 0.2) is 36.4 Å². The molecule has 2 heteroatoms. The molecule has 0 aliphatic heterocycles. The van der Waals surface area contributed by atoms with Crippen LogP contribution in [-0.4, -0.2) is 11.6 Å². The van der Waals surface area contributed by atoms with E-state index in [1.165, 1.54) is 13.8 Å². The van der Waals surface area contributed by atoms with Crippen LogP contribution in [0.4, 0.5) is 0 Å². The third-order valence-electron chi connectivity index (χ3n) is 2.67. The predicted molar refractivity (Wildman–Crippen MR) is 63.1 cm³/mol. The van der Waals surface area contributed by atoms with Crippen LogP contribution < -0.4 is 0 Å². The maximum absolute atomic E-state index is 11.5. The fourth-order valence-electron chi connectivity index (χ4n) is 1.90. The second-order valence-corrected chi connectivity index (χ2v) is 3.82. The number of ketones is 2. The first-order chi connectivity index (χ1) is 7.61. The van der Waals surface area contributed by atoms with E-state index in [9.17, 15) is 9.59 Å². The Morgan fingerprint density at radius 1 is 0.812 bits per heavy atom. The van der Waals surface area contributed by atoms with E-state index in [2.05, 4.69) is 0 Å². The molecule has 0 aromatic heterocycles. The average Bonchev–Trinajstić information content (AvgIpc) is 2.41. The SMILES string of the molecule is CC(=O)c1cc(C(C)=O)c2cccccc1-2. The molecule has 2 aliphatic rings. The fraction of sp³-hybridized carbons (Fsp3) is 0.143.